The van der Waals surface area contributed by atoms with E-state index < -0.39 is 0 Å². The van der Waals surface area contributed by atoms with E-state index in [1.807, 2.05) is 35.2 Å². The highest BCUT2D eigenvalue weighted by Gasteiger charge is 2.00. The van der Waals surface area contributed by atoms with Gasteiger partial charge in [0.2, 0.25) is 0 Å². The number of rotatable bonds is 0. The molecule has 0 saturated heterocycles. The summed E-state index contributed by atoms with van der Waals surface area (Å²) in [5.41, 5.74) is 1.06. The molecule has 5 rings (SSSR count). The molecule has 0 amide bonds. The standard InChI is InChI=1S/C17H11N.C4H4S/c1-2-5-13-9-16-11-17-14(6-3-7-18-17)10-15(16)8-12(13)4-1;1-2-4-5-3-1/h1-11H;1-4H. The molecule has 2 heteroatoms. The van der Waals surface area contributed by atoms with Gasteiger partial charge in [0.25, 0.3) is 0 Å². The number of hydrogen-bond acceptors (Lipinski definition) is 2. The molecule has 0 aliphatic carbocycles. The summed E-state index contributed by atoms with van der Waals surface area (Å²) in [6.45, 7) is 0. The van der Waals surface area contributed by atoms with Gasteiger partial charge >= 0.3 is 0 Å². The maximum Gasteiger partial charge on any atom is 0.0708 e. The van der Waals surface area contributed by atoms with Crippen LogP contribution in [-0.2, 0) is 0 Å². The topological polar surface area (TPSA) is 12.9 Å². The summed E-state index contributed by atoms with van der Waals surface area (Å²) in [6.07, 6.45) is 1.84. The van der Waals surface area contributed by atoms with Crippen LogP contribution in [0.4, 0.5) is 0 Å². The summed E-state index contributed by atoms with van der Waals surface area (Å²) in [7, 11) is 0. The molecule has 5 aromatic rings. The van der Waals surface area contributed by atoms with E-state index in [2.05, 4.69) is 59.6 Å². The fourth-order valence-electron chi connectivity index (χ4n) is 2.74. The number of nitrogens with zero attached hydrogens (tertiary/aromatic N) is 1. The molecule has 0 radical (unpaired) electrons. The van der Waals surface area contributed by atoms with Gasteiger partial charge in [0.15, 0.2) is 0 Å². The van der Waals surface area contributed by atoms with Crippen molar-refractivity contribution in [2.45, 2.75) is 0 Å². The minimum absolute atomic E-state index is 1.06. The third kappa shape index (κ3) is 2.94. The van der Waals surface area contributed by atoms with E-state index in [4.69, 9.17) is 0 Å². The lowest BCUT2D eigenvalue weighted by Gasteiger charge is -2.04. The van der Waals surface area contributed by atoms with Crippen molar-refractivity contribution in [2.24, 2.45) is 0 Å². The van der Waals surface area contributed by atoms with Crippen molar-refractivity contribution in [3.8, 4) is 0 Å². The van der Waals surface area contributed by atoms with Crippen LogP contribution in [0.3, 0.4) is 0 Å². The number of hydrogen-bond donors (Lipinski definition) is 0. The van der Waals surface area contributed by atoms with E-state index in [1.165, 1.54) is 26.9 Å². The molecule has 0 bridgehead atoms. The van der Waals surface area contributed by atoms with E-state index in [9.17, 15) is 0 Å². The molecule has 2 aromatic heterocycles. The first-order valence-electron chi connectivity index (χ1n) is 7.55. The highest BCUT2D eigenvalue weighted by Crippen LogP contribution is 2.26. The molecule has 23 heavy (non-hydrogen) atoms. The first-order valence-corrected chi connectivity index (χ1v) is 8.49. The monoisotopic (exact) mass is 313 g/mol. The molecule has 0 atom stereocenters. The smallest absolute Gasteiger partial charge is 0.0708 e. The van der Waals surface area contributed by atoms with Gasteiger partial charge in [-0.25, -0.2) is 0 Å². The fraction of sp³-hybridized carbons (Fsp3) is 0. The summed E-state index contributed by atoms with van der Waals surface area (Å²) in [6, 6.07) is 25.4. The van der Waals surface area contributed by atoms with E-state index in [1.54, 1.807) is 11.3 Å². The van der Waals surface area contributed by atoms with Crippen molar-refractivity contribution < 1.29 is 0 Å². The second-order valence-electron chi connectivity index (χ2n) is 5.39. The molecular weight excluding hydrogens is 298 g/mol. The number of pyridine rings is 1. The Morgan fingerprint density at radius 2 is 1.17 bits per heavy atom. The second kappa shape index (κ2) is 6.19. The quantitative estimate of drug-likeness (QED) is 0.306. The van der Waals surface area contributed by atoms with E-state index in [0.29, 0.717) is 0 Å². The largest absolute Gasteiger partial charge is 0.256 e. The van der Waals surface area contributed by atoms with Gasteiger partial charge in [-0.05, 0) is 62.6 Å². The van der Waals surface area contributed by atoms with Crippen LogP contribution in [-0.4, -0.2) is 4.98 Å². The van der Waals surface area contributed by atoms with Gasteiger partial charge in [-0.1, -0.05) is 42.5 Å². The van der Waals surface area contributed by atoms with Crippen LogP contribution < -0.4 is 0 Å². The van der Waals surface area contributed by atoms with Crippen LogP contribution in [0, 0.1) is 0 Å². The number of benzene rings is 3. The fourth-order valence-corrected chi connectivity index (χ4v) is 3.19. The van der Waals surface area contributed by atoms with Gasteiger partial charge in [-0.2, -0.15) is 11.3 Å². The zero-order valence-electron chi connectivity index (χ0n) is 12.5. The van der Waals surface area contributed by atoms with E-state index >= 15 is 0 Å². The minimum Gasteiger partial charge on any atom is -0.256 e. The van der Waals surface area contributed by atoms with Gasteiger partial charge in [-0.15, -0.1) is 0 Å². The zero-order valence-corrected chi connectivity index (χ0v) is 13.3. The first-order chi connectivity index (χ1) is 11.4. The van der Waals surface area contributed by atoms with Gasteiger partial charge < -0.3 is 0 Å². The van der Waals surface area contributed by atoms with Crippen molar-refractivity contribution in [1.82, 2.24) is 4.98 Å². The molecule has 0 fully saturated rings. The van der Waals surface area contributed by atoms with Crippen LogP contribution >= 0.6 is 11.3 Å². The predicted octanol–water partition coefficient (Wildman–Crippen LogP) is 6.29. The lowest BCUT2D eigenvalue weighted by molar-refractivity contribution is 1.42. The Bertz CT molecular complexity index is 904. The zero-order chi connectivity index (χ0) is 15.5. The molecule has 1 nitrogen and oxygen atoms in total. The average Bonchev–Trinajstić information content (AvgIpc) is 3.18. The second-order valence-corrected chi connectivity index (χ2v) is 6.20. The number of thiophene rings is 1. The molecule has 3 aromatic carbocycles. The van der Waals surface area contributed by atoms with E-state index in [-0.39, 0.29) is 0 Å². The summed E-state index contributed by atoms with van der Waals surface area (Å²) in [5.74, 6) is 0. The summed E-state index contributed by atoms with van der Waals surface area (Å²) in [4.78, 5) is 4.41. The Balaban J connectivity index is 0.000000233. The minimum atomic E-state index is 1.06. The molecule has 0 saturated carbocycles. The highest BCUT2D eigenvalue weighted by atomic mass is 32.1. The molecule has 110 valence electrons. The van der Waals surface area contributed by atoms with Gasteiger partial charge in [0, 0.05) is 11.6 Å². The third-order valence-corrected chi connectivity index (χ3v) is 4.48. The lowest BCUT2D eigenvalue weighted by atomic mass is 10.0. The summed E-state index contributed by atoms with van der Waals surface area (Å²) in [5, 5.41) is 10.4. The maximum atomic E-state index is 4.41. The molecule has 0 aliphatic rings. The predicted molar refractivity (Wildman–Crippen MR) is 101 cm³/mol. The molecule has 0 unspecified atom stereocenters. The summed E-state index contributed by atoms with van der Waals surface area (Å²) >= 11 is 1.71. The van der Waals surface area contributed by atoms with Crippen molar-refractivity contribution in [1.29, 1.82) is 0 Å². The number of aromatic nitrogens is 1. The van der Waals surface area contributed by atoms with Crippen molar-refractivity contribution in [2.75, 3.05) is 0 Å². The van der Waals surface area contributed by atoms with Gasteiger partial charge in [0.1, 0.15) is 0 Å². The number of fused-ring (bicyclic) bond motifs is 3. The van der Waals surface area contributed by atoms with Gasteiger partial charge in [0.05, 0.1) is 5.52 Å². The molecular formula is C21H15NS. The summed E-state index contributed by atoms with van der Waals surface area (Å²) < 4.78 is 0. The van der Waals surface area contributed by atoms with Crippen molar-refractivity contribution in [3.63, 3.8) is 0 Å². The highest BCUT2D eigenvalue weighted by molar-refractivity contribution is 7.07. The van der Waals surface area contributed by atoms with Crippen LogP contribution in [0.2, 0.25) is 0 Å². The van der Waals surface area contributed by atoms with Crippen LogP contribution in [0.15, 0.2) is 89.8 Å². The first kappa shape index (κ1) is 13.9. The Morgan fingerprint density at radius 1 is 0.565 bits per heavy atom. The normalized spacial score (nSPS) is 10.6. The van der Waals surface area contributed by atoms with Crippen molar-refractivity contribution >= 4 is 43.8 Å². The van der Waals surface area contributed by atoms with Crippen LogP contribution in [0.5, 0.6) is 0 Å². The average molecular weight is 313 g/mol. The Labute approximate surface area is 138 Å². The Kier molecular flexibility index (Phi) is 3.75. The van der Waals surface area contributed by atoms with Crippen molar-refractivity contribution in [3.05, 3.63) is 89.8 Å². The third-order valence-electron chi connectivity index (χ3n) is 3.85. The maximum absolute atomic E-state index is 4.41. The Hall–Kier alpha value is -2.71. The molecule has 0 N–H and O–H groups in total. The van der Waals surface area contributed by atoms with Crippen LogP contribution in [0.1, 0.15) is 0 Å². The molecule has 2 heterocycles. The lowest BCUT2D eigenvalue weighted by Crippen LogP contribution is -1.80. The Morgan fingerprint density at radius 3 is 1.83 bits per heavy atom. The molecule has 0 spiro atoms. The SMILES string of the molecule is c1ccc2cc3cc4ncccc4cc3cc2c1.c1ccsc1. The van der Waals surface area contributed by atoms with E-state index in [0.717, 1.165) is 5.52 Å². The molecule has 0 aliphatic heterocycles. The van der Waals surface area contributed by atoms with Crippen LogP contribution in [0.25, 0.3) is 32.4 Å². The van der Waals surface area contributed by atoms with Gasteiger partial charge in [-0.3, -0.25) is 4.98 Å².